The second kappa shape index (κ2) is 8.02. The Kier molecular flexibility index (Phi) is 6.04. The summed E-state index contributed by atoms with van der Waals surface area (Å²) in [7, 11) is 1.69. The highest BCUT2D eigenvalue weighted by molar-refractivity contribution is 5.86. The number of nitrogens with one attached hydrogen (secondary N) is 2. The smallest absolute Gasteiger partial charge is 0.128 e. The van der Waals surface area contributed by atoms with Crippen LogP contribution in [0.2, 0.25) is 0 Å². The SMILES string of the molecule is COCCCNC[C@H](O)COc1cccc2[nH]c(C)cc12. The number of aromatic nitrogens is 1. The van der Waals surface area contributed by atoms with Gasteiger partial charge < -0.3 is 24.9 Å². The molecule has 1 atom stereocenters. The molecule has 1 aromatic carbocycles. The van der Waals surface area contributed by atoms with E-state index >= 15 is 0 Å². The van der Waals surface area contributed by atoms with Crippen LogP contribution in [0.1, 0.15) is 12.1 Å². The lowest BCUT2D eigenvalue weighted by atomic mass is 10.2. The number of aryl methyl sites for hydroxylation is 1. The Morgan fingerprint density at radius 3 is 3.05 bits per heavy atom. The quantitative estimate of drug-likeness (QED) is 0.617. The first kappa shape index (κ1) is 15.8. The van der Waals surface area contributed by atoms with Gasteiger partial charge in [-0.25, -0.2) is 0 Å². The standard InChI is InChI=1S/C16H24N2O3/c1-12-9-14-15(18-12)5-3-6-16(14)21-11-13(19)10-17-7-4-8-20-2/h3,5-6,9,13,17-19H,4,7-8,10-11H2,1-2H3/t13-/m0/s1. The van der Waals surface area contributed by atoms with Gasteiger partial charge >= 0.3 is 0 Å². The van der Waals surface area contributed by atoms with Crippen molar-refractivity contribution in [2.75, 3.05) is 33.4 Å². The lowest BCUT2D eigenvalue weighted by molar-refractivity contribution is 0.106. The molecule has 0 unspecified atom stereocenters. The molecule has 0 saturated carbocycles. The number of benzene rings is 1. The molecule has 0 aliphatic carbocycles. The van der Waals surface area contributed by atoms with E-state index in [0.717, 1.165) is 41.9 Å². The molecular weight excluding hydrogens is 268 g/mol. The van der Waals surface area contributed by atoms with Crippen molar-refractivity contribution in [1.82, 2.24) is 10.3 Å². The second-order valence-corrected chi connectivity index (χ2v) is 5.19. The zero-order chi connectivity index (χ0) is 15.1. The topological polar surface area (TPSA) is 66.5 Å². The van der Waals surface area contributed by atoms with Gasteiger partial charge in [0.25, 0.3) is 0 Å². The van der Waals surface area contributed by atoms with Crippen LogP contribution in [-0.4, -0.2) is 49.6 Å². The fourth-order valence-electron chi connectivity index (χ4n) is 2.25. The number of H-pyrrole nitrogens is 1. The molecule has 0 radical (unpaired) electrons. The first-order valence-corrected chi connectivity index (χ1v) is 7.29. The number of rotatable bonds is 9. The van der Waals surface area contributed by atoms with Crippen molar-refractivity contribution in [1.29, 1.82) is 0 Å². The summed E-state index contributed by atoms with van der Waals surface area (Å²) in [5, 5.41) is 14.2. The molecule has 0 aliphatic heterocycles. The van der Waals surface area contributed by atoms with Gasteiger partial charge in [-0.15, -0.1) is 0 Å². The summed E-state index contributed by atoms with van der Waals surface area (Å²) < 4.78 is 10.7. The molecule has 5 nitrogen and oxygen atoms in total. The fraction of sp³-hybridized carbons (Fsp3) is 0.500. The molecule has 0 fully saturated rings. The van der Waals surface area contributed by atoms with Crippen molar-refractivity contribution < 1.29 is 14.6 Å². The van der Waals surface area contributed by atoms with Gasteiger partial charge in [0.15, 0.2) is 0 Å². The predicted molar refractivity (Wildman–Crippen MR) is 83.9 cm³/mol. The summed E-state index contributed by atoms with van der Waals surface area (Å²) in [5.74, 6) is 0.801. The largest absolute Gasteiger partial charge is 0.490 e. The van der Waals surface area contributed by atoms with Gasteiger partial charge in [-0.05, 0) is 38.1 Å². The molecule has 3 N–H and O–H groups in total. The van der Waals surface area contributed by atoms with Crippen LogP contribution < -0.4 is 10.1 Å². The predicted octanol–water partition coefficient (Wildman–Crippen LogP) is 1.84. The van der Waals surface area contributed by atoms with Crippen molar-refractivity contribution in [3.63, 3.8) is 0 Å². The maximum Gasteiger partial charge on any atom is 0.128 e. The van der Waals surface area contributed by atoms with Crippen LogP contribution in [0.3, 0.4) is 0 Å². The number of hydrogen-bond acceptors (Lipinski definition) is 4. The van der Waals surface area contributed by atoms with Crippen LogP contribution in [0.25, 0.3) is 10.9 Å². The molecule has 0 bridgehead atoms. The van der Waals surface area contributed by atoms with E-state index in [-0.39, 0.29) is 6.61 Å². The molecule has 116 valence electrons. The van der Waals surface area contributed by atoms with Crippen molar-refractivity contribution in [3.05, 3.63) is 30.0 Å². The lowest BCUT2D eigenvalue weighted by Gasteiger charge is -2.13. The van der Waals surface area contributed by atoms with E-state index in [9.17, 15) is 5.11 Å². The summed E-state index contributed by atoms with van der Waals surface area (Å²) in [6.45, 7) is 4.38. The molecule has 0 saturated heterocycles. The summed E-state index contributed by atoms with van der Waals surface area (Å²) in [6, 6.07) is 7.94. The van der Waals surface area contributed by atoms with Gasteiger partial charge in [0.05, 0.1) is 0 Å². The second-order valence-electron chi connectivity index (χ2n) is 5.19. The summed E-state index contributed by atoms with van der Waals surface area (Å²) in [4.78, 5) is 3.27. The van der Waals surface area contributed by atoms with E-state index in [0.29, 0.717) is 6.54 Å². The monoisotopic (exact) mass is 292 g/mol. The Labute approximate surface area is 125 Å². The van der Waals surface area contributed by atoms with E-state index in [4.69, 9.17) is 9.47 Å². The van der Waals surface area contributed by atoms with Crippen LogP contribution in [0.4, 0.5) is 0 Å². The molecular formula is C16H24N2O3. The Bertz CT molecular complexity index is 553. The average molecular weight is 292 g/mol. The van der Waals surface area contributed by atoms with E-state index in [1.807, 2.05) is 25.1 Å². The highest BCUT2D eigenvalue weighted by atomic mass is 16.5. The van der Waals surface area contributed by atoms with Crippen molar-refractivity contribution >= 4 is 10.9 Å². The summed E-state index contributed by atoms with van der Waals surface area (Å²) in [6.07, 6.45) is 0.411. The fourth-order valence-corrected chi connectivity index (χ4v) is 2.25. The number of aromatic amines is 1. The molecule has 21 heavy (non-hydrogen) atoms. The Hall–Kier alpha value is -1.56. The van der Waals surface area contributed by atoms with Gasteiger partial charge in [0.1, 0.15) is 18.5 Å². The summed E-state index contributed by atoms with van der Waals surface area (Å²) >= 11 is 0. The molecule has 0 spiro atoms. The minimum atomic E-state index is -0.525. The minimum Gasteiger partial charge on any atom is -0.490 e. The number of aliphatic hydroxyl groups is 1. The number of ether oxygens (including phenoxy) is 2. The molecule has 2 aromatic rings. The average Bonchev–Trinajstić information content (AvgIpc) is 2.85. The van der Waals surface area contributed by atoms with Gasteiger partial charge in [-0.1, -0.05) is 6.07 Å². The number of methoxy groups -OCH3 is 1. The van der Waals surface area contributed by atoms with E-state index < -0.39 is 6.10 Å². The zero-order valence-electron chi connectivity index (χ0n) is 12.7. The van der Waals surface area contributed by atoms with Crippen LogP contribution in [0.5, 0.6) is 5.75 Å². The third kappa shape index (κ3) is 4.74. The summed E-state index contributed by atoms with van der Waals surface area (Å²) in [5.41, 5.74) is 2.15. The van der Waals surface area contributed by atoms with Gasteiger partial charge in [0, 0.05) is 36.9 Å². The maximum atomic E-state index is 9.92. The van der Waals surface area contributed by atoms with Crippen molar-refractivity contribution in [2.24, 2.45) is 0 Å². The van der Waals surface area contributed by atoms with Crippen molar-refractivity contribution in [2.45, 2.75) is 19.4 Å². The maximum absolute atomic E-state index is 9.92. The normalized spacial score (nSPS) is 12.7. The van der Waals surface area contributed by atoms with Crippen LogP contribution in [0, 0.1) is 6.92 Å². The Morgan fingerprint density at radius 2 is 2.24 bits per heavy atom. The van der Waals surface area contributed by atoms with Crippen molar-refractivity contribution in [3.8, 4) is 5.75 Å². The third-order valence-corrected chi connectivity index (χ3v) is 3.27. The molecule has 1 heterocycles. The van der Waals surface area contributed by atoms with Gasteiger partial charge in [-0.3, -0.25) is 0 Å². The molecule has 1 aromatic heterocycles. The first-order chi connectivity index (χ1) is 10.2. The molecule has 0 aliphatic rings. The number of aliphatic hydroxyl groups excluding tert-OH is 1. The highest BCUT2D eigenvalue weighted by Crippen LogP contribution is 2.26. The molecule has 0 amide bonds. The number of hydrogen-bond donors (Lipinski definition) is 3. The lowest BCUT2D eigenvalue weighted by Crippen LogP contribution is -2.32. The van der Waals surface area contributed by atoms with Crippen LogP contribution in [0.15, 0.2) is 24.3 Å². The molecule has 2 rings (SSSR count). The van der Waals surface area contributed by atoms with E-state index in [1.54, 1.807) is 7.11 Å². The Balaban J connectivity index is 1.78. The van der Waals surface area contributed by atoms with Crippen LogP contribution >= 0.6 is 0 Å². The highest BCUT2D eigenvalue weighted by Gasteiger charge is 2.08. The van der Waals surface area contributed by atoms with E-state index in [2.05, 4.69) is 16.4 Å². The number of fused-ring (bicyclic) bond motifs is 1. The first-order valence-electron chi connectivity index (χ1n) is 7.29. The van der Waals surface area contributed by atoms with Gasteiger partial charge in [-0.2, -0.15) is 0 Å². The zero-order valence-corrected chi connectivity index (χ0v) is 12.7. The van der Waals surface area contributed by atoms with E-state index in [1.165, 1.54) is 0 Å². The van der Waals surface area contributed by atoms with Gasteiger partial charge in [0.2, 0.25) is 0 Å². The van der Waals surface area contributed by atoms with Crippen LogP contribution in [-0.2, 0) is 4.74 Å². The minimum absolute atomic E-state index is 0.278. The molecule has 5 heteroatoms. The Morgan fingerprint density at radius 1 is 1.38 bits per heavy atom. The third-order valence-electron chi connectivity index (χ3n) is 3.27.